The summed E-state index contributed by atoms with van der Waals surface area (Å²) in [6.45, 7) is 7.93. The Morgan fingerprint density at radius 2 is 1.88 bits per heavy atom. The van der Waals surface area contributed by atoms with Gasteiger partial charge in [-0.2, -0.15) is 0 Å². The molecule has 0 spiro atoms. The summed E-state index contributed by atoms with van der Waals surface area (Å²) in [6.07, 6.45) is 5.24. The molecule has 2 N–H and O–H groups in total. The van der Waals surface area contributed by atoms with Gasteiger partial charge in [-0.1, -0.05) is 38.0 Å². The van der Waals surface area contributed by atoms with Crippen molar-refractivity contribution in [3.8, 4) is 0 Å². The Labute approximate surface area is 107 Å². The fraction of sp³-hybridized carbons (Fsp3) is 0.833. The molecule has 2 heterocycles. The summed E-state index contributed by atoms with van der Waals surface area (Å²) >= 11 is 1.51. The first kappa shape index (κ1) is 12.8. The number of anilines is 1. The van der Waals surface area contributed by atoms with Crippen LogP contribution in [-0.4, -0.2) is 28.2 Å². The Bertz CT molecular complexity index is 349. The predicted molar refractivity (Wildman–Crippen MR) is 71.8 cm³/mol. The van der Waals surface area contributed by atoms with Gasteiger partial charge in [-0.25, -0.2) is 0 Å². The third-order valence-corrected chi connectivity index (χ3v) is 5.00. The zero-order valence-corrected chi connectivity index (χ0v) is 11.6. The number of nitrogens with two attached hydrogens (primary N) is 1. The van der Waals surface area contributed by atoms with Gasteiger partial charge >= 0.3 is 0 Å². The summed E-state index contributed by atoms with van der Waals surface area (Å²) in [4.78, 5) is 2.48. The standard InChI is InChI=1S/C12H22N4S/c1-3-12(4-2)5-7-16(8-6-12)9-10-14-15-11(13)17-10/h3-9H2,1-2H3,(H2,13,15). The summed E-state index contributed by atoms with van der Waals surface area (Å²) in [5, 5.41) is 9.57. The minimum atomic E-state index is 0.577. The molecular formula is C12H22N4S. The monoisotopic (exact) mass is 254 g/mol. The van der Waals surface area contributed by atoms with Crippen molar-refractivity contribution in [1.29, 1.82) is 0 Å². The lowest BCUT2D eigenvalue weighted by Gasteiger charge is -2.40. The van der Waals surface area contributed by atoms with E-state index in [1.54, 1.807) is 0 Å². The van der Waals surface area contributed by atoms with Gasteiger partial charge in [0.1, 0.15) is 5.01 Å². The van der Waals surface area contributed by atoms with Gasteiger partial charge in [0, 0.05) is 0 Å². The molecule has 0 unspecified atom stereocenters. The highest BCUT2D eigenvalue weighted by Crippen LogP contribution is 2.38. The van der Waals surface area contributed by atoms with E-state index in [1.807, 2.05) is 0 Å². The fourth-order valence-corrected chi connectivity index (χ4v) is 3.32. The van der Waals surface area contributed by atoms with Crippen LogP contribution in [0.1, 0.15) is 44.5 Å². The zero-order chi connectivity index (χ0) is 12.3. The van der Waals surface area contributed by atoms with E-state index in [4.69, 9.17) is 5.73 Å². The zero-order valence-electron chi connectivity index (χ0n) is 10.8. The Hall–Kier alpha value is -0.680. The molecule has 1 saturated heterocycles. The van der Waals surface area contributed by atoms with Gasteiger partial charge in [0.25, 0.3) is 0 Å². The molecule has 1 aliphatic rings. The maximum absolute atomic E-state index is 5.60. The molecular weight excluding hydrogens is 232 g/mol. The van der Waals surface area contributed by atoms with Crippen LogP contribution >= 0.6 is 11.3 Å². The lowest BCUT2D eigenvalue weighted by molar-refractivity contribution is 0.0907. The van der Waals surface area contributed by atoms with Crippen LogP contribution in [0.5, 0.6) is 0 Å². The van der Waals surface area contributed by atoms with Crippen LogP contribution < -0.4 is 5.73 Å². The Morgan fingerprint density at radius 1 is 1.24 bits per heavy atom. The highest BCUT2D eigenvalue weighted by atomic mass is 32.1. The largest absolute Gasteiger partial charge is 0.374 e. The molecule has 0 aliphatic carbocycles. The second kappa shape index (κ2) is 5.31. The highest BCUT2D eigenvalue weighted by molar-refractivity contribution is 7.15. The van der Waals surface area contributed by atoms with E-state index < -0.39 is 0 Å². The van der Waals surface area contributed by atoms with Gasteiger partial charge < -0.3 is 5.73 Å². The van der Waals surface area contributed by atoms with Gasteiger partial charge in [0.05, 0.1) is 6.54 Å². The second-order valence-corrected chi connectivity index (χ2v) is 6.11. The van der Waals surface area contributed by atoms with E-state index in [1.165, 1.54) is 50.1 Å². The Balaban J connectivity index is 1.87. The number of nitrogen functional groups attached to an aromatic ring is 1. The average molecular weight is 254 g/mol. The van der Waals surface area contributed by atoms with E-state index in [0.29, 0.717) is 10.5 Å². The highest BCUT2D eigenvalue weighted by Gasteiger charge is 2.31. The van der Waals surface area contributed by atoms with Gasteiger partial charge in [0.15, 0.2) is 0 Å². The Morgan fingerprint density at radius 3 is 2.35 bits per heavy atom. The third kappa shape index (κ3) is 2.96. The summed E-state index contributed by atoms with van der Waals surface area (Å²) in [5.41, 5.74) is 6.19. The fourth-order valence-electron chi connectivity index (χ4n) is 2.66. The van der Waals surface area contributed by atoms with Gasteiger partial charge in [-0.15, -0.1) is 10.2 Å². The lowest BCUT2D eigenvalue weighted by Crippen LogP contribution is -2.39. The summed E-state index contributed by atoms with van der Waals surface area (Å²) in [5.74, 6) is 0. The summed E-state index contributed by atoms with van der Waals surface area (Å²) in [6, 6.07) is 0. The van der Waals surface area contributed by atoms with Crippen molar-refractivity contribution in [2.75, 3.05) is 18.8 Å². The number of rotatable bonds is 4. The van der Waals surface area contributed by atoms with E-state index in [9.17, 15) is 0 Å². The van der Waals surface area contributed by atoms with Crippen molar-refractivity contribution < 1.29 is 0 Å². The Kier molecular flexibility index (Phi) is 3.99. The normalized spacial score (nSPS) is 20.6. The number of hydrogen-bond donors (Lipinski definition) is 1. The molecule has 0 radical (unpaired) electrons. The number of hydrogen-bond acceptors (Lipinski definition) is 5. The number of nitrogens with zero attached hydrogens (tertiary/aromatic N) is 3. The maximum Gasteiger partial charge on any atom is 0.203 e. The molecule has 0 saturated carbocycles. The molecule has 0 bridgehead atoms. The van der Waals surface area contributed by atoms with E-state index in [2.05, 4.69) is 28.9 Å². The lowest BCUT2D eigenvalue weighted by atomic mass is 9.74. The van der Waals surface area contributed by atoms with Gasteiger partial charge in [-0.3, -0.25) is 4.90 Å². The van der Waals surface area contributed by atoms with E-state index in [-0.39, 0.29) is 0 Å². The van der Waals surface area contributed by atoms with Crippen molar-refractivity contribution in [3.05, 3.63) is 5.01 Å². The van der Waals surface area contributed by atoms with E-state index in [0.717, 1.165) is 11.6 Å². The van der Waals surface area contributed by atoms with Crippen LogP contribution in [0.15, 0.2) is 0 Å². The molecule has 0 aromatic carbocycles. The predicted octanol–water partition coefficient (Wildman–Crippen LogP) is 2.52. The molecule has 96 valence electrons. The third-order valence-electron chi connectivity index (χ3n) is 4.26. The molecule has 4 nitrogen and oxygen atoms in total. The van der Waals surface area contributed by atoms with E-state index >= 15 is 0 Å². The molecule has 1 aromatic rings. The molecule has 0 atom stereocenters. The first-order chi connectivity index (χ1) is 8.17. The smallest absolute Gasteiger partial charge is 0.203 e. The molecule has 1 aliphatic heterocycles. The minimum absolute atomic E-state index is 0.577. The van der Waals surface area contributed by atoms with Crippen LogP contribution in [0.3, 0.4) is 0 Å². The average Bonchev–Trinajstić information content (AvgIpc) is 2.76. The van der Waals surface area contributed by atoms with Crippen molar-refractivity contribution >= 4 is 16.5 Å². The molecule has 2 rings (SSSR count). The van der Waals surface area contributed by atoms with Gasteiger partial charge in [-0.05, 0) is 31.3 Å². The summed E-state index contributed by atoms with van der Waals surface area (Å²) in [7, 11) is 0. The topological polar surface area (TPSA) is 55.0 Å². The van der Waals surface area contributed by atoms with Crippen molar-refractivity contribution in [2.24, 2.45) is 5.41 Å². The number of piperidine rings is 1. The van der Waals surface area contributed by atoms with Crippen molar-refractivity contribution in [2.45, 2.75) is 46.1 Å². The number of likely N-dealkylation sites (tertiary alicyclic amines) is 1. The molecule has 0 amide bonds. The van der Waals surface area contributed by atoms with Crippen LogP contribution in [0.25, 0.3) is 0 Å². The SMILES string of the molecule is CCC1(CC)CCN(Cc2nnc(N)s2)CC1. The molecule has 17 heavy (non-hydrogen) atoms. The van der Waals surface area contributed by atoms with Crippen molar-refractivity contribution in [1.82, 2.24) is 15.1 Å². The minimum Gasteiger partial charge on any atom is -0.374 e. The molecule has 1 aromatic heterocycles. The second-order valence-electron chi connectivity index (χ2n) is 5.02. The van der Waals surface area contributed by atoms with Crippen LogP contribution in [0.4, 0.5) is 5.13 Å². The van der Waals surface area contributed by atoms with Crippen LogP contribution in [0.2, 0.25) is 0 Å². The number of aromatic nitrogens is 2. The first-order valence-corrected chi connectivity index (χ1v) is 7.29. The van der Waals surface area contributed by atoms with Crippen LogP contribution in [0, 0.1) is 5.41 Å². The van der Waals surface area contributed by atoms with Crippen LogP contribution in [-0.2, 0) is 6.54 Å². The molecule has 5 heteroatoms. The van der Waals surface area contributed by atoms with Crippen molar-refractivity contribution in [3.63, 3.8) is 0 Å². The molecule has 1 fully saturated rings. The quantitative estimate of drug-likeness (QED) is 0.897. The van der Waals surface area contributed by atoms with Gasteiger partial charge in [0.2, 0.25) is 5.13 Å². The maximum atomic E-state index is 5.60. The first-order valence-electron chi connectivity index (χ1n) is 6.47. The summed E-state index contributed by atoms with van der Waals surface area (Å²) < 4.78 is 0.